The molecule has 0 aromatic carbocycles. The highest BCUT2D eigenvalue weighted by Gasteiger charge is 1.95. The predicted octanol–water partition coefficient (Wildman–Crippen LogP) is 4.59. The minimum atomic E-state index is 0.723. The summed E-state index contributed by atoms with van der Waals surface area (Å²) in [4.78, 5) is 0. The summed E-state index contributed by atoms with van der Waals surface area (Å²) in [6.45, 7) is 9.28. The monoisotopic (exact) mass is 384 g/mol. The van der Waals surface area contributed by atoms with Crippen molar-refractivity contribution in [3.63, 3.8) is 0 Å². The Morgan fingerprint density at radius 3 is 1.15 bits per heavy atom. The third-order valence-electron chi connectivity index (χ3n) is 5.24. The number of nitrogens with one attached hydrogen (secondary N) is 3. The molecule has 0 saturated carbocycles. The maximum absolute atomic E-state index is 5.43. The van der Waals surface area contributed by atoms with Crippen molar-refractivity contribution in [1.82, 2.24) is 16.0 Å². The third-order valence-corrected chi connectivity index (χ3v) is 5.24. The molecule has 0 bridgehead atoms. The lowest BCUT2D eigenvalue weighted by Gasteiger charge is -2.07. The van der Waals surface area contributed by atoms with Crippen LogP contribution in [-0.4, -0.2) is 45.8 Å². The van der Waals surface area contributed by atoms with Gasteiger partial charge in [-0.2, -0.15) is 0 Å². The van der Waals surface area contributed by atoms with Gasteiger partial charge in [0.15, 0.2) is 0 Å². The van der Waals surface area contributed by atoms with Gasteiger partial charge >= 0.3 is 0 Å². The van der Waals surface area contributed by atoms with Crippen LogP contribution in [-0.2, 0) is 0 Å². The third kappa shape index (κ3) is 25.8. The quantitative estimate of drug-likeness (QED) is 0.184. The molecule has 0 rings (SSSR count). The molecule has 0 spiro atoms. The van der Waals surface area contributed by atoms with Crippen LogP contribution in [0.25, 0.3) is 0 Å². The summed E-state index contributed by atoms with van der Waals surface area (Å²) in [5.41, 5.74) is 5.43. The highest BCUT2D eigenvalue weighted by atomic mass is 15.0. The van der Waals surface area contributed by atoms with E-state index in [2.05, 4.69) is 22.9 Å². The van der Waals surface area contributed by atoms with Gasteiger partial charge in [0.05, 0.1) is 0 Å². The second kappa shape index (κ2) is 25.8. The van der Waals surface area contributed by atoms with E-state index >= 15 is 0 Å². The number of hydrogen-bond donors (Lipinski definition) is 4. The van der Waals surface area contributed by atoms with Crippen LogP contribution in [0.5, 0.6) is 0 Å². The van der Waals surface area contributed by atoms with E-state index in [1.165, 1.54) is 103 Å². The molecule has 0 fully saturated rings. The fourth-order valence-electron chi connectivity index (χ4n) is 3.45. The van der Waals surface area contributed by atoms with Gasteiger partial charge in [0.25, 0.3) is 0 Å². The van der Waals surface area contributed by atoms with Crippen molar-refractivity contribution in [2.24, 2.45) is 5.73 Å². The van der Waals surface area contributed by atoms with Gasteiger partial charge in [-0.1, -0.05) is 96.8 Å². The van der Waals surface area contributed by atoms with Crippen LogP contribution in [0.1, 0.15) is 103 Å². The summed E-state index contributed by atoms with van der Waals surface area (Å²) in [7, 11) is 0. The molecule has 0 unspecified atom stereocenters. The molecule has 4 heteroatoms. The maximum Gasteiger partial charge on any atom is 0.00772 e. The Balaban J connectivity index is 2.95. The zero-order valence-electron chi connectivity index (χ0n) is 18.6. The standard InChI is InChI=1S/C23H52N4/c1-2-3-4-5-6-7-8-9-10-11-12-13-14-15-16-18-25-20-22-27-23-21-26-19-17-24/h25-27H,2-24H2,1H3. The smallest absolute Gasteiger partial charge is 0.00772 e. The van der Waals surface area contributed by atoms with Gasteiger partial charge in [-0.25, -0.2) is 0 Å². The van der Waals surface area contributed by atoms with Crippen molar-refractivity contribution in [3.8, 4) is 0 Å². The Morgan fingerprint density at radius 2 is 0.741 bits per heavy atom. The van der Waals surface area contributed by atoms with Gasteiger partial charge in [-0.05, 0) is 13.0 Å². The first-order chi connectivity index (χ1) is 13.4. The second-order valence-corrected chi connectivity index (χ2v) is 7.99. The van der Waals surface area contributed by atoms with Crippen LogP contribution in [0.2, 0.25) is 0 Å². The van der Waals surface area contributed by atoms with Crippen LogP contribution < -0.4 is 21.7 Å². The van der Waals surface area contributed by atoms with Gasteiger partial charge in [0.1, 0.15) is 0 Å². The van der Waals surface area contributed by atoms with Crippen LogP contribution in [0.3, 0.4) is 0 Å². The molecule has 0 amide bonds. The van der Waals surface area contributed by atoms with E-state index in [0.29, 0.717) is 0 Å². The number of nitrogens with two attached hydrogens (primary N) is 1. The fourth-order valence-corrected chi connectivity index (χ4v) is 3.45. The van der Waals surface area contributed by atoms with E-state index in [9.17, 15) is 0 Å². The predicted molar refractivity (Wildman–Crippen MR) is 123 cm³/mol. The van der Waals surface area contributed by atoms with Crippen LogP contribution >= 0.6 is 0 Å². The van der Waals surface area contributed by atoms with Crippen LogP contribution in [0.4, 0.5) is 0 Å². The van der Waals surface area contributed by atoms with Gasteiger partial charge < -0.3 is 21.7 Å². The summed E-state index contributed by atoms with van der Waals surface area (Å²) >= 11 is 0. The molecule has 0 atom stereocenters. The molecule has 27 heavy (non-hydrogen) atoms. The molecule has 164 valence electrons. The Kier molecular flexibility index (Phi) is 25.7. The largest absolute Gasteiger partial charge is 0.329 e. The zero-order chi connectivity index (χ0) is 19.7. The topological polar surface area (TPSA) is 62.1 Å². The number of unbranched alkanes of at least 4 members (excludes halogenated alkanes) is 14. The molecule has 0 radical (unpaired) electrons. The number of hydrogen-bond acceptors (Lipinski definition) is 4. The molecular weight excluding hydrogens is 332 g/mol. The van der Waals surface area contributed by atoms with Gasteiger partial charge in [0.2, 0.25) is 0 Å². The SMILES string of the molecule is CCCCCCCCCCCCCCCCCNCCNCCNCCN. The van der Waals surface area contributed by atoms with E-state index in [-0.39, 0.29) is 0 Å². The fraction of sp³-hybridized carbons (Fsp3) is 1.00. The Morgan fingerprint density at radius 1 is 0.407 bits per heavy atom. The molecule has 0 saturated heterocycles. The Labute approximate surface area is 171 Å². The summed E-state index contributed by atoms with van der Waals surface area (Å²) in [5, 5.41) is 10.3. The van der Waals surface area contributed by atoms with Gasteiger partial charge in [-0.15, -0.1) is 0 Å². The van der Waals surface area contributed by atoms with Gasteiger partial charge in [0, 0.05) is 39.3 Å². The maximum atomic E-state index is 5.43. The average molecular weight is 385 g/mol. The van der Waals surface area contributed by atoms with Crippen molar-refractivity contribution >= 4 is 0 Å². The van der Waals surface area contributed by atoms with Crippen molar-refractivity contribution in [2.75, 3.05) is 45.8 Å². The average Bonchev–Trinajstić information content (AvgIpc) is 2.68. The molecule has 0 heterocycles. The molecule has 0 aliphatic heterocycles. The van der Waals surface area contributed by atoms with Crippen molar-refractivity contribution < 1.29 is 0 Å². The molecule has 0 aromatic rings. The lowest BCUT2D eigenvalue weighted by atomic mass is 10.0. The summed E-state index contributed by atoms with van der Waals surface area (Å²) in [6.07, 6.45) is 21.5. The van der Waals surface area contributed by atoms with Gasteiger partial charge in [-0.3, -0.25) is 0 Å². The minimum absolute atomic E-state index is 0.723. The molecule has 0 aliphatic rings. The van der Waals surface area contributed by atoms with E-state index in [0.717, 1.165) is 39.3 Å². The lowest BCUT2D eigenvalue weighted by molar-refractivity contribution is 0.524. The van der Waals surface area contributed by atoms with E-state index in [4.69, 9.17) is 5.73 Å². The van der Waals surface area contributed by atoms with Crippen molar-refractivity contribution in [1.29, 1.82) is 0 Å². The summed E-state index contributed by atoms with van der Waals surface area (Å²) in [6, 6.07) is 0. The summed E-state index contributed by atoms with van der Waals surface area (Å²) < 4.78 is 0. The molecule has 4 nitrogen and oxygen atoms in total. The molecule has 5 N–H and O–H groups in total. The normalized spacial score (nSPS) is 11.3. The highest BCUT2D eigenvalue weighted by Crippen LogP contribution is 2.13. The van der Waals surface area contributed by atoms with E-state index in [1.54, 1.807) is 0 Å². The second-order valence-electron chi connectivity index (χ2n) is 7.99. The molecule has 0 aliphatic carbocycles. The van der Waals surface area contributed by atoms with Crippen LogP contribution in [0, 0.1) is 0 Å². The zero-order valence-corrected chi connectivity index (χ0v) is 18.6. The Hall–Kier alpha value is -0.160. The van der Waals surface area contributed by atoms with Crippen molar-refractivity contribution in [2.45, 2.75) is 103 Å². The first kappa shape index (κ1) is 26.8. The first-order valence-corrected chi connectivity index (χ1v) is 12.2. The number of rotatable bonds is 24. The molecule has 0 aromatic heterocycles. The summed E-state index contributed by atoms with van der Waals surface area (Å²) in [5.74, 6) is 0. The highest BCUT2D eigenvalue weighted by molar-refractivity contribution is 4.56. The Bertz CT molecular complexity index is 225. The first-order valence-electron chi connectivity index (χ1n) is 12.2. The molecular formula is C23H52N4. The van der Waals surface area contributed by atoms with Crippen LogP contribution in [0.15, 0.2) is 0 Å². The lowest BCUT2D eigenvalue weighted by Crippen LogP contribution is -2.34. The van der Waals surface area contributed by atoms with E-state index in [1.807, 2.05) is 0 Å². The van der Waals surface area contributed by atoms with E-state index < -0.39 is 0 Å². The van der Waals surface area contributed by atoms with Crippen molar-refractivity contribution in [3.05, 3.63) is 0 Å². The minimum Gasteiger partial charge on any atom is -0.329 e.